The molecule has 3 N–H and O–H groups in total. The van der Waals surface area contributed by atoms with E-state index in [1.165, 1.54) is 42.4 Å². The Morgan fingerprint density at radius 1 is 1.03 bits per heavy atom. The lowest BCUT2D eigenvalue weighted by Crippen LogP contribution is -2.59. The summed E-state index contributed by atoms with van der Waals surface area (Å²) in [4.78, 5) is 40.0. The van der Waals surface area contributed by atoms with Crippen LogP contribution in [0.4, 0.5) is 21.5 Å². The zero-order valence-electron chi connectivity index (χ0n) is 34.3. The summed E-state index contributed by atoms with van der Waals surface area (Å²) in [5.74, 6) is 0.747. The number of nitrogens with zero attached hydrogens (tertiary/aromatic N) is 5. The highest BCUT2D eigenvalue weighted by atomic mass is 32.2. The van der Waals surface area contributed by atoms with Gasteiger partial charge < -0.3 is 24.7 Å². The van der Waals surface area contributed by atoms with Gasteiger partial charge in [0.1, 0.15) is 34.4 Å². The summed E-state index contributed by atoms with van der Waals surface area (Å²) in [6.45, 7) is 12.5. The van der Waals surface area contributed by atoms with Gasteiger partial charge in [-0.3, -0.25) is 29.4 Å². The summed E-state index contributed by atoms with van der Waals surface area (Å²) in [7, 11) is 1.61. The molecule has 0 atom stereocenters. The highest BCUT2D eigenvalue weighted by Crippen LogP contribution is 2.52. The standard InChI is InChI=1S/C45H51FN8O5S/c1-44(2)12-19-58-41-20-29(4-8-36(41)44)28-51-15-17-53(18-16-51)31-24-45(25-31)10-13-52(14-11-45)30-5-7-34(40(21-30)59-32-22-35-37(46)27-49-42(35)48-26-32)43(55)50-60-33-6-9-38(47-3)39(23-33)54(56)57/h4-9,20-23,26-27,31,47H,10-19,24-25,28H2,1-3H3,(H,48,49)(H,50,55). The number of aromatic amines is 1. The van der Waals surface area contributed by atoms with Crippen molar-refractivity contribution in [2.75, 3.05) is 63.1 Å². The second kappa shape index (κ2) is 16.2. The number of nitro groups is 1. The number of amides is 1. The van der Waals surface area contributed by atoms with Crippen molar-refractivity contribution in [1.82, 2.24) is 24.5 Å². The number of benzene rings is 3. The van der Waals surface area contributed by atoms with Crippen LogP contribution < -0.4 is 24.4 Å². The van der Waals surface area contributed by atoms with Crippen molar-refractivity contribution in [2.45, 2.75) is 68.8 Å². The van der Waals surface area contributed by atoms with Crippen molar-refractivity contribution in [2.24, 2.45) is 5.41 Å². The molecular formula is C45H51FN8O5S. The molecule has 2 aromatic heterocycles. The molecular weight excluding hydrogens is 784 g/mol. The van der Waals surface area contributed by atoms with Gasteiger partial charge in [-0.25, -0.2) is 9.37 Å². The molecule has 1 amide bonds. The van der Waals surface area contributed by atoms with Crippen LogP contribution in [0.3, 0.4) is 0 Å². The molecule has 3 fully saturated rings. The van der Waals surface area contributed by atoms with Crippen molar-refractivity contribution in [3.05, 3.63) is 106 Å². The number of ether oxygens (including phenoxy) is 2. The van der Waals surface area contributed by atoms with Gasteiger partial charge in [-0.1, -0.05) is 26.0 Å². The average Bonchev–Trinajstić information content (AvgIpc) is 3.61. The number of pyridine rings is 1. The fourth-order valence-corrected chi connectivity index (χ4v) is 10.1. The number of hydrogen-bond donors (Lipinski definition) is 3. The normalized spacial score (nSPS) is 19.0. The number of carbonyl (C=O) groups is 1. The number of nitrogens with one attached hydrogen (secondary N) is 3. The predicted molar refractivity (Wildman–Crippen MR) is 232 cm³/mol. The van der Waals surface area contributed by atoms with Gasteiger partial charge in [0.2, 0.25) is 0 Å². The van der Waals surface area contributed by atoms with Gasteiger partial charge in [0.25, 0.3) is 11.6 Å². The van der Waals surface area contributed by atoms with E-state index in [-0.39, 0.29) is 27.8 Å². The number of rotatable bonds is 11. The molecule has 3 aliphatic heterocycles. The summed E-state index contributed by atoms with van der Waals surface area (Å²) in [5, 5.41) is 14.7. The van der Waals surface area contributed by atoms with Gasteiger partial charge in [0, 0.05) is 87.8 Å². The lowest BCUT2D eigenvalue weighted by atomic mass is 9.60. The first-order chi connectivity index (χ1) is 29.0. The molecule has 13 nitrogen and oxygen atoms in total. The van der Waals surface area contributed by atoms with E-state index in [2.05, 4.69) is 66.8 Å². The van der Waals surface area contributed by atoms with Crippen LogP contribution in [-0.2, 0) is 12.0 Å². The molecule has 0 unspecified atom stereocenters. The van der Waals surface area contributed by atoms with Gasteiger partial charge in [0.15, 0.2) is 0 Å². The van der Waals surface area contributed by atoms with Crippen LogP contribution in [0.25, 0.3) is 11.0 Å². The van der Waals surface area contributed by atoms with E-state index in [4.69, 9.17) is 9.47 Å². The fraction of sp³-hybridized carbons (Fsp3) is 0.422. The number of carbonyl (C=O) groups excluding carboxylic acids is 1. The summed E-state index contributed by atoms with van der Waals surface area (Å²) < 4.78 is 29.7. The van der Waals surface area contributed by atoms with Crippen LogP contribution in [0.2, 0.25) is 0 Å². The maximum atomic E-state index is 14.5. The quantitative estimate of drug-likeness (QED) is 0.0670. The van der Waals surface area contributed by atoms with Crippen LogP contribution in [0.15, 0.2) is 78.0 Å². The molecule has 314 valence electrons. The zero-order chi connectivity index (χ0) is 41.6. The minimum absolute atomic E-state index is 0.0960. The Balaban J connectivity index is 0.822. The molecule has 15 heteroatoms. The Hall–Kier alpha value is -5.38. The number of halogens is 1. The van der Waals surface area contributed by atoms with E-state index in [0.717, 1.165) is 95.1 Å². The van der Waals surface area contributed by atoms with Gasteiger partial charge >= 0.3 is 0 Å². The third kappa shape index (κ3) is 8.09. The van der Waals surface area contributed by atoms with Gasteiger partial charge in [-0.2, -0.15) is 0 Å². The lowest BCUT2D eigenvalue weighted by Gasteiger charge is -2.56. The summed E-state index contributed by atoms with van der Waals surface area (Å²) in [5.41, 5.74) is 5.04. The van der Waals surface area contributed by atoms with Crippen molar-refractivity contribution in [3.8, 4) is 17.2 Å². The molecule has 3 aromatic carbocycles. The maximum absolute atomic E-state index is 14.5. The van der Waals surface area contributed by atoms with Gasteiger partial charge in [-0.15, -0.1) is 0 Å². The maximum Gasteiger partial charge on any atom is 0.293 e. The molecule has 60 heavy (non-hydrogen) atoms. The Morgan fingerprint density at radius 3 is 2.60 bits per heavy atom. The smallest absolute Gasteiger partial charge is 0.293 e. The number of piperidine rings is 1. The van der Waals surface area contributed by atoms with Crippen molar-refractivity contribution in [1.29, 1.82) is 0 Å². The number of piperazine rings is 1. The summed E-state index contributed by atoms with van der Waals surface area (Å²) in [6.07, 6.45) is 8.45. The highest BCUT2D eigenvalue weighted by Gasteiger charge is 2.48. The van der Waals surface area contributed by atoms with E-state index in [9.17, 15) is 19.3 Å². The number of aromatic nitrogens is 2. The van der Waals surface area contributed by atoms with Crippen molar-refractivity contribution < 1.29 is 23.6 Å². The molecule has 1 spiro atoms. The topological polar surface area (TPSA) is 141 Å². The SMILES string of the molecule is CNc1ccc(SNC(=O)c2ccc(N3CCC4(CC3)CC(N3CCN(Cc5ccc6c(c5)OCCC6(C)C)CC3)C4)cc2Oc2cnc3[nH]cc(F)c3c2)cc1[N+](=O)[O-]. The summed E-state index contributed by atoms with van der Waals surface area (Å²) in [6, 6.07) is 19.3. The minimum atomic E-state index is -0.470. The van der Waals surface area contributed by atoms with Crippen LogP contribution in [0.1, 0.15) is 67.4 Å². The van der Waals surface area contributed by atoms with E-state index < -0.39 is 16.6 Å². The molecule has 9 rings (SSSR count). The lowest BCUT2D eigenvalue weighted by molar-refractivity contribution is -0.384. The van der Waals surface area contributed by atoms with E-state index in [1.54, 1.807) is 31.3 Å². The predicted octanol–water partition coefficient (Wildman–Crippen LogP) is 8.51. The number of H-pyrrole nitrogens is 1. The highest BCUT2D eigenvalue weighted by molar-refractivity contribution is 7.98. The first-order valence-corrected chi connectivity index (χ1v) is 21.6. The van der Waals surface area contributed by atoms with Crippen molar-refractivity contribution in [3.63, 3.8) is 0 Å². The Morgan fingerprint density at radius 2 is 1.83 bits per heavy atom. The third-order valence-electron chi connectivity index (χ3n) is 13.2. The molecule has 0 radical (unpaired) electrons. The number of anilines is 2. The van der Waals surface area contributed by atoms with Crippen molar-refractivity contribution >= 4 is 46.0 Å². The molecule has 4 aliphatic rings. The first-order valence-electron chi connectivity index (χ1n) is 20.8. The minimum Gasteiger partial charge on any atom is -0.493 e. The summed E-state index contributed by atoms with van der Waals surface area (Å²) >= 11 is 0.976. The van der Waals surface area contributed by atoms with Gasteiger partial charge in [-0.05, 0) is 102 Å². The molecule has 2 saturated heterocycles. The Labute approximate surface area is 353 Å². The third-order valence-corrected chi connectivity index (χ3v) is 14.0. The first kappa shape index (κ1) is 40.0. The molecule has 5 aromatic rings. The largest absolute Gasteiger partial charge is 0.493 e. The van der Waals surface area contributed by atoms with Crippen LogP contribution in [0.5, 0.6) is 17.2 Å². The zero-order valence-corrected chi connectivity index (χ0v) is 35.1. The number of hydrogen-bond acceptors (Lipinski definition) is 11. The average molecular weight is 835 g/mol. The molecule has 5 heterocycles. The molecule has 0 bridgehead atoms. The molecule has 1 saturated carbocycles. The van der Waals surface area contributed by atoms with Crippen LogP contribution in [-0.4, -0.2) is 89.6 Å². The fourth-order valence-electron chi connectivity index (χ4n) is 9.50. The number of nitro benzene ring substituents is 1. The van der Waals surface area contributed by atoms with E-state index in [1.807, 2.05) is 12.1 Å². The molecule has 1 aliphatic carbocycles. The van der Waals surface area contributed by atoms with Crippen LogP contribution >= 0.6 is 11.9 Å². The second-order valence-corrected chi connectivity index (χ2v) is 18.3. The van der Waals surface area contributed by atoms with E-state index >= 15 is 0 Å². The van der Waals surface area contributed by atoms with E-state index in [0.29, 0.717) is 33.4 Å². The Kier molecular flexibility index (Phi) is 10.8. The van der Waals surface area contributed by atoms with Crippen LogP contribution in [0, 0.1) is 21.3 Å². The van der Waals surface area contributed by atoms with Gasteiger partial charge in [0.05, 0.1) is 28.7 Å². The monoisotopic (exact) mass is 834 g/mol. The Bertz CT molecular complexity index is 2420. The second-order valence-electron chi connectivity index (χ2n) is 17.4. The number of fused-ring (bicyclic) bond motifs is 2.